The first-order valence-electron chi connectivity index (χ1n) is 9.24. The van der Waals surface area contributed by atoms with Crippen LogP contribution in [0.15, 0.2) is 103 Å². The maximum atomic E-state index is 9.99. The maximum absolute atomic E-state index is 9.99. The second-order valence-electron chi connectivity index (χ2n) is 6.39. The van der Waals surface area contributed by atoms with Crippen molar-refractivity contribution in [3.63, 3.8) is 0 Å². The fourth-order valence-electron chi connectivity index (χ4n) is 2.91. The van der Waals surface area contributed by atoms with Crippen LogP contribution in [-0.4, -0.2) is 5.11 Å². The average molecular weight is 458 g/mol. The zero-order chi connectivity index (χ0) is 20.9. The van der Waals surface area contributed by atoms with Gasteiger partial charge in [0.25, 0.3) is 0 Å². The fourth-order valence-corrected chi connectivity index (χ4v) is 2.91. The topological polar surface area (TPSA) is 20.2 Å². The molecule has 3 aromatic rings. The van der Waals surface area contributed by atoms with Crippen LogP contribution in [0, 0.1) is 6.07 Å². The Morgan fingerprint density at radius 1 is 0.862 bits per heavy atom. The zero-order valence-electron chi connectivity index (χ0n) is 16.2. The Morgan fingerprint density at radius 3 is 1.79 bits per heavy atom. The van der Waals surface area contributed by atoms with Gasteiger partial charge >= 0.3 is 35.6 Å². The quantitative estimate of drug-likeness (QED) is 0.321. The van der Waals surface area contributed by atoms with Crippen molar-refractivity contribution < 1.29 is 22.1 Å². The average Bonchev–Trinajstić information content (AvgIpc) is 3.22. The van der Waals surface area contributed by atoms with Gasteiger partial charge in [-0.2, -0.15) is 0 Å². The number of aliphatic hydroxyl groups is 1. The van der Waals surface area contributed by atoms with Gasteiger partial charge in [0.15, 0.2) is 0 Å². The Morgan fingerprint density at radius 2 is 1.38 bits per heavy atom. The summed E-state index contributed by atoms with van der Waals surface area (Å²) in [6.45, 7) is 2.13. The molecule has 0 aliphatic heterocycles. The van der Waals surface area contributed by atoms with E-state index in [9.17, 15) is 5.11 Å². The summed E-state index contributed by atoms with van der Waals surface area (Å²) >= 11 is -0.556. The van der Waals surface area contributed by atoms with Crippen molar-refractivity contribution in [3.8, 4) is 0 Å². The van der Waals surface area contributed by atoms with Crippen LogP contribution in [0.2, 0.25) is 0 Å². The molecule has 0 heterocycles. The molecule has 4 heteroatoms. The number of aliphatic hydroxyl groups excluding tert-OH is 1. The molecule has 0 atom stereocenters. The van der Waals surface area contributed by atoms with Crippen molar-refractivity contribution in [1.82, 2.24) is 0 Å². The van der Waals surface area contributed by atoms with E-state index in [1.807, 2.05) is 72.8 Å². The molecule has 0 saturated carbocycles. The van der Waals surface area contributed by atoms with E-state index >= 15 is 0 Å². The predicted molar refractivity (Wildman–Crippen MR) is 120 cm³/mol. The molecule has 0 saturated heterocycles. The Kier molecular flexibility index (Phi) is 11.1. The van der Waals surface area contributed by atoms with E-state index in [0.717, 1.165) is 17.5 Å². The van der Waals surface area contributed by atoms with E-state index in [4.69, 9.17) is 18.6 Å². The zero-order valence-corrected chi connectivity index (χ0v) is 19.3. The number of hydrogen-bond donors (Lipinski definition) is 1. The number of allylic oxidation sites excluding steroid dienone is 4. The van der Waals surface area contributed by atoms with Crippen LogP contribution in [0.5, 0.6) is 0 Å². The molecule has 4 rings (SSSR count). The Hall–Kier alpha value is -1.61. The third-order valence-electron chi connectivity index (χ3n) is 4.33. The van der Waals surface area contributed by atoms with E-state index in [1.54, 1.807) is 0 Å². The molecular weight excluding hydrogens is 435 g/mol. The van der Waals surface area contributed by atoms with Crippen molar-refractivity contribution >= 4 is 24.2 Å². The van der Waals surface area contributed by atoms with Crippen LogP contribution >= 0.6 is 18.6 Å². The van der Waals surface area contributed by atoms with Crippen LogP contribution in [0.1, 0.15) is 36.1 Å². The van der Waals surface area contributed by atoms with Crippen LogP contribution < -0.4 is 0 Å². The van der Waals surface area contributed by atoms with E-state index in [1.165, 1.54) is 16.7 Å². The first-order chi connectivity index (χ1) is 14.2. The van der Waals surface area contributed by atoms with Crippen LogP contribution in [-0.2, 0) is 17.0 Å². The van der Waals surface area contributed by atoms with Crippen LogP contribution in [0.3, 0.4) is 0 Å². The van der Waals surface area contributed by atoms with Gasteiger partial charge in [-0.05, 0) is 24.5 Å². The summed E-state index contributed by atoms with van der Waals surface area (Å²) in [6.07, 6.45) is 5.02. The van der Waals surface area contributed by atoms with Crippen molar-refractivity contribution in [3.05, 3.63) is 125 Å². The Labute approximate surface area is 190 Å². The number of halogens is 2. The fraction of sp³-hybridized carbons (Fsp3) is 0.120. The molecule has 0 bridgehead atoms. The molecule has 0 amide bonds. The van der Waals surface area contributed by atoms with Gasteiger partial charge in [-0.25, -0.2) is 0 Å². The first-order valence-corrected chi connectivity index (χ1v) is 13.5. The Balaban J connectivity index is 0.000000184. The van der Waals surface area contributed by atoms with Gasteiger partial charge in [0.1, 0.15) is 6.10 Å². The Bertz CT molecular complexity index is 854. The molecule has 0 unspecified atom stereocenters. The summed E-state index contributed by atoms with van der Waals surface area (Å²) in [4.78, 5) is 0. The van der Waals surface area contributed by atoms with Gasteiger partial charge in [0.2, 0.25) is 0 Å². The molecule has 3 aromatic carbocycles. The standard InChI is InChI=1S/C13H12O.C12H11.2ClH.Ti/c14-13(11-7-3-1-4-8-11)12-9-5-2-6-10-12;1-10-7-8-12(9-10)11-5-3-2-4-6-11;;;/h1-10,13-14H;2-5,7,9H,8H2,1H3;2*1H;/q;-1;;;+2/p-2. The minimum absolute atomic E-state index is 0.516. The van der Waals surface area contributed by atoms with Gasteiger partial charge in [-0.1, -0.05) is 78.4 Å². The van der Waals surface area contributed by atoms with Crippen molar-refractivity contribution in [2.75, 3.05) is 0 Å². The summed E-state index contributed by atoms with van der Waals surface area (Å²) in [5, 5.41) is 9.99. The molecular formula is C25H23Cl2OTi-. The SMILES string of the molecule is CC1=CCC(c2[c-]cccc2)=C1.OC(c1ccccc1)c1ccccc1.[Cl][Ti][Cl]. The summed E-state index contributed by atoms with van der Waals surface area (Å²) in [5.74, 6) is 0. The van der Waals surface area contributed by atoms with E-state index in [2.05, 4.69) is 37.3 Å². The van der Waals surface area contributed by atoms with E-state index in [0.29, 0.717) is 0 Å². The molecule has 1 aliphatic rings. The molecule has 1 nitrogen and oxygen atoms in total. The second-order valence-corrected chi connectivity index (χ2v) is 8.97. The third-order valence-corrected chi connectivity index (χ3v) is 4.33. The monoisotopic (exact) mass is 457 g/mol. The molecule has 1 aliphatic carbocycles. The summed E-state index contributed by atoms with van der Waals surface area (Å²) in [5.41, 5.74) is 5.83. The van der Waals surface area contributed by atoms with Crippen molar-refractivity contribution in [1.29, 1.82) is 0 Å². The molecule has 1 N–H and O–H groups in total. The third kappa shape index (κ3) is 8.34. The summed E-state index contributed by atoms with van der Waals surface area (Å²) < 4.78 is 0. The molecule has 0 radical (unpaired) electrons. The predicted octanol–water partition coefficient (Wildman–Crippen LogP) is 7.36. The molecule has 0 spiro atoms. The van der Waals surface area contributed by atoms with Crippen LogP contribution in [0.4, 0.5) is 0 Å². The first kappa shape index (κ1) is 23.7. The van der Waals surface area contributed by atoms with Gasteiger partial charge in [-0.15, -0.1) is 41.5 Å². The number of rotatable bonds is 3. The number of benzene rings is 3. The molecule has 0 aromatic heterocycles. The van der Waals surface area contributed by atoms with Crippen molar-refractivity contribution in [2.24, 2.45) is 0 Å². The molecule has 29 heavy (non-hydrogen) atoms. The van der Waals surface area contributed by atoms with Gasteiger partial charge < -0.3 is 5.11 Å². The van der Waals surface area contributed by atoms with Gasteiger partial charge in [0.05, 0.1) is 0 Å². The van der Waals surface area contributed by atoms with E-state index in [-0.39, 0.29) is 0 Å². The normalized spacial score (nSPS) is 12.0. The second kappa shape index (κ2) is 13.6. The molecule has 0 fully saturated rings. The van der Waals surface area contributed by atoms with Gasteiger partial charge in [0, 0.05) is 0 Å². The molecule has 148 valence electrons. The van der Waals surface area contributed by atoms with Crippen molar-refractivity contribution in [2.45, 2.75) is 19.4 Å². The van der Waals surface area contributed by atoms with E-state index < -0.39 is 23.1 Å². The summed E-state index contributed by atoms with van der Waals surface area (Å²) in [6, 6.07) is 30.7. The van der Waals surface area contributed by atoms with Crippen LogP contribution in [0.25, 0.3) is 5.57 Å². The minimum atomic E-state index is -0.556. The van der Waals surface area contributed by atoms with Gasteiger partial charge in [-0.3, -0.25) is 0 Å². The number of hydrogen-bond acceptors (Lipinski definition) is 1. The summed E-state index contributed by atoms with van der Waals surface area (Å²) in [7, 11) is 9.78.